The van der Waals surface area contributed by atoms with Gasteiger partial charge in [0, 0.05) is 35.3 Å². The first-order chi connectivity index (χ1) is 7.29. The minimum absolute atomic E-state index is 0. The van der Waals surface area contributed by atoms with Crippen LogP contribution in [-0.4, -0.2) is 39.5 Å². The summed E-state index contributed by atoms with van der Waals surface area (Å²) < 4.78 is 1.21. The van der Waals surface area contributed by atoms with E-state index in [9.17, 15) is 9.59 Å². The first-order valence-corrected chi connectivity index (χ1v) is 6.78. The number of rotatable bonds is 2. The number of carboxylic acid groups (broad SMARTS) is 2. The number of aromatic carboxylic acids is 2. The molecule has 0 saturated carbocycles. The molecule has 0 aliphatic carbocycles. The molecule has 89 valence electrons. The number of carbonyl (C=O) groups is 2. The Kier molecular flexibility index (Phi) is 6.93. The summed E-state index contributed by atoms with van der Waals surface area (Å²) in [5.41, 5.74) is -0.621. The Bertz CT molecular complexity index is 458. The van der Waals surface area contributed by atoms with Gasteiger partial charge in [0.2, 0.25) is 0 Å². The average Bonchev–Trinajstić information content (AvgIpc) is 2.18. The number of hydrogen-bond acceptors (Lipinski definition) is 2. The predicted molar refractivity (Wildman–Crippen MR) is 76.9 cm³/mol. The fourth-order valence-corrected chi connectivity index (χ4v) is 3.49. The lowest BCUT2D eigenvalue weighted by Crippen LogP contribution is -2.11. The maximum Gasteiger partial charge on any atom is 0.337 e. The molecule has 0 saturated heterocycles. The van der Waals surface area contributed by atoms with Crippen LogP contribution in [-0.2, 0) is 0 Å². The lowest BCUT2D eigenvalue weighted by atomic mass is 10.1. The van der Waals surface area contributed by atoms with Crippen LogP contribution < -0.4 is 0 Å². The lowest BCUT2D eigenvalue weighted by Gasteiger charge is -2.11. The molecule has 3 radical (unpaired) electrons. The smallest absolute Gasteiger partial charge is 0.337 e. The SMILES string of the molecule is O=C(O)c1c(Br)c(Br)c(Br)c(Br)c1C(=O)O.[Al]. The van der Waals surface area contributed by atoms with E-state index in [1.54, 1.807) is 0 Å². The number of carboxylic acids is 2. The Balaban J connectivity index is 0.00000256. The van der Waals surface area contributed by atoms with Gasteiger partial charge in [-0.25, -0.2) is 9.59 Å². The fraction of sp³-hybridized carbons (Fsp3) is 0. The molecule has 0 bridgehead atoms. The number of benzene rings is 1. The Morgan fingerprint density at radius 1 is 0.706 bits per heavy atom. The number of halogens is 4. The summed E-state index contributed by atoms with van der Waals surface area (Å²) in [6.45, 7) is 0. The maximum atomic E-state index is 11.0. The van der Waals surface area contributed by atoms with Gasteiger partial charge in [-0.05, 0) is 63.7 Å². The summed E-state index contributed by atoms with van der Waals surface area (Å²) in [5.74, 6) is -2.64. The van der Waals surface area contributed by atoms with E-state index in [0.29, 0.717) is 8.95 Å². The topological polar surface area (TPSA) is 74.6 Å². The minimum Gasteiger partial charge on any atom is -0.478 e. The molecule has 17 heavy (non-hydrogen) atoms. The molecule has 1 aromatic rings. The van der Waals surface area contributed by atoms with Gasteiger partial charge in [0.1, 0.15) is 0 Å². The van der Waals surface area contributed by atoms with E-state index in [1.807, 2.05) is 0 Å². The third-order valence-electron chi connectivity index (χ3n) is 1.69. The summed E-state index contributed by atoms with van der Waals surface area (Å²) in [6, 6.07) is 0. The third kappa shape index (κ3) is 3.34. The van der Waals surface area contributed by atoms with Gasteiger partial charge < -0.3 is 10.2 Å². The van der Waals surface area contributed by atoms with Crippen LogP contribution in [0.4, 0.5) is 0 Å². The van der Waals surface area contributed by atoms with Crippen LogP contribution in [0.1, 0.15) is 20.7 Å². The van der Waals surface area contributed by atoms with Gasteiger partial charge in [-0.3, -0.25) is 0 Å². The average molecular weight is 509 g/mol. The van der Waals surface area contributed by atoms with Crippen molar-refractivity contribution in [2.75, 3.05) is 0 Å². The molecule has 0 unspecified atom stereocenters. The summed E-state index contributed by atoms with van der Waals surface area (Å²) >= 11 is 12.4. The largest absolute Gasteiger partial charge is 0.478 e. The first-order valence-electron chi connectivity index (χ1n) is 3.61. The highest BCUT2D eigenvalue weighted by Crippen LogP contribution is 2.42. The standard InChI is InChI=1S/C8H2Br4O4.Al/c9-3-1(7(13)14)2(8(15)16)4(10)6(12)5(3)11;/h(H,13,14)(H,15,16);. The molecular formula is C8H2AlBr4O4. The normalized spacial score (nSPS) is 9.65. The molecule has 0 amide bonds. The molecule has 0 atom stereocenters. The highest BCUT2D eigenvalue weighted by Gasteiger charge is 2.27. The molecule has 1 rings (SSSR count). The van der Waals surface area contributed by atoms with Gasteiger partial charge in [0.15, 0.2) is 0 Å². The van der Waals surface area contributed by atoms with Crippen molar-refractivity contribution in [3.05, 3.63) is 29.0 Å². The Labute approximate surface area is 140 Å². The zero-order valence-electron chi connectivity index (χ0n) is 7.80. The van der Waals surface area contributed by atoms with Gasteiger partial charge in [-0.2, -0.15) is 0 Å². The monoisotopic (exact) mass is 505 g/mol. The summed E-state index contributed by atoms with van der Waals surface area (Å²) in [6.07, 6.45) is 0. The van der Waals surface area contributed by atoms with E-state index in [2.05, 4.69) is 63.7 Å². The van der Waals surface area contributed by atoms with Crippen LogP contribution in [0.3, 0.4) is 0 Å². The molecule has 9 heteroatoms. The second-order valence-electron chi connectivity index (χ2n) is 2.62. The zero-order chi connectivity index (χ0) is 12.6. The van der Waals surface area contributed by atoms with Gasteiger partial charge in [0.05, 0.1) is 11.1 Å². The third-order valence-corrected chi connectivity index (χ3v) is 6.46. The van der Waals surface area contributed by atoms with Crippen LogP contribution in [0, 0.1) is 0 Å². The summed E-state index contributed by atoms with van der Waals surface area (Å²) in [5, 5.41) is 18.0. The molecule has 0 heterocycles. The second kappa shape index (κ2) is 6.68. The molecule has 0 aliphatic rings. The van der Waals surface area contributed by atoms with Crippen molar-refractivity contribution in [1.82, 2.24) is 0 Å². The Morgan fingerprint density at radius 3 is 1.12 bits per heavy atom. The second-order valence-corrected chi connectivity index (χ2v) is 5.79. The Morgan fingerprint density at radius 2 is 0.941 bits per heavy atom. The highest BCUT2D eigenvalue weighted by molar-refractivity contribution is 9.15. The zero-order valence-corrected chi connectivity index (χ0v) is 15.3. The van der Waals surface area contributed by atoms with E-state index < -0.39 is 11.9 Å². The van der Waals surface area contributed by atoms with E-state index in [4.69, 9.17) is 10.2 Å². The predicted octanol–water partition coefficient (Wildman–Crippen LogP) is 3.75. The van der Waals surface area contributed by atoms with E-state index >= 15 is 0 Å². The molecule has 0 fully saturated rings. The van der Waals surface area contributed by atoms with Crippen LogP contribution in [0.15, 0.2) is 17.9 Å². The maximum absolute atomic E-state index is 11.0. The van der Waals surface area contributed by atoms with Crippen LogP contribution in [0.5, 0.6) is 0 Å². The highest BCUT2D eigenvalue weighted by atomic mass is 79.9. The van der Waals surface area contributed by atoms with Crippen molar-refractivity contribution in [1.29, 1.82) is 0 Å². The summed E-state index contributed by atoms with van der Waals surface area (Å²) in [7, 11) is 0. The molecule has 2 N–H and O–H groups in total. The van der Waals surface area contributed by atoms with Crippen LogP contribution in [0.2, 0.25) is 0 Å². The molecule has 1 aromatic carbocycles. The van der Waals surface area contributed by atoms with Crippen LogP contribution in [0.25, 0.3) is 0 Å². The van der Waals surface area contributed by atoms with E-state index in [0.717, 1.165) is 0 Å². The van der Waals surface area contributed by atoms with Gasteiger partial charge >= 0.3 is 11.9 Å². The number of hydrogen-bond donors (Lipinski definition) is 2. The lowest BCUT2D eigenvalue weighted by molar-refractivity contribution is 0.0649. The van der Waals surface area contributed by atoms with Gasteiger partial charge in [-0.15, -0.1) is 0 Å². The van der Waals surface area contributed by atoms with Gasteiger partial charge in [0.25, 0.3) is 0 Å². The summed E-state index contributed by atoms with van der Waals surface area (Å²) in [4.78, 5) is 22.0. The molecule has 4 nitrogen and oxygen atoms in total. The van der Waals surface area contributed by atoms with E-state index in [-0.39, 0.29) is 37.4 Å². The molecule has 0 aromatic heterocycles. The van der Waals surface area contributed by atoms with Crippen molar-refractivity contribution < 1.29 is 19.8 Å². The Hall–Kier alpha value is 0.612. The van der Waals surface area contributed by atoms with Crippen molar-refractivity contribution >= 4 is 93.0 Å². The van der Waals surface area contributed by atoms with Crippen molar-refractivity contribution in [2.45, 2.75) is 0 Å². The van der Waals surface area contributed by atoms with E-state index in [1.165, 1.54) is 0 Å². The van der Waals surface area contributed by atoms with Crippen molar-refractivity contribution in [3.8, 4) is 0 Å². The minimum atomic E-state index is -1.32. The van der Waals surface area contributed by atoms with Crippen molar-refractivity contribution in [2.24, 2.45) is 0 Å². The molecular weight excluding hydrogens is 507 g/mol. The molecule has 0 spiro atoms. The van der Waals surface area contributed by atoms with Crippen molar-refractivity contribution in [3.63, 3.8) is 0 Å². The fourth-order valence-electron chi connectivity index (χ4n) is 1.03. The quantitative estimate of drug-likeness (QED) is 0.363. The first kappa shape index (κ1) is 17.6. The van der Waals surface area contributed by atoms with Crippen LogP contribution >= 0.6 is 63.7 Å². The molecule has 0 aliphatic heterocycles. The van der Waals surface area contributed by atoms with Gasteiger partial charge in [-0.1, -0.05) is 0 Å².